The van der Waals surface area contributed by atoms with E-state index in [-0.39, 0.29) is 6.42 Å². The first kappa shape index (κ1) is 7.24. The average Bonchev–Trinajstić information content (AvgIpc) is 1.27. The van der Waals surface area contributed by atoms with Gasteiger partial charge in [0.1, 0.15) is 0 Å². The highest BCUT2D eigenvalue weighted by atomic mass is 79.9. The highest BCUT2D eigenvalue weighted by molar-refractivity contribution is 9.10. The fourth-order valence-corrected chi connectivity index (χ4v) is 0.541. The molecule has 0 aliphatic carbocycles. The zero-order valence-corrected chi connectivity index (χ0v) is 5.74. The van der Waals surface area contributed by atoms with E-state index in [4.69, 9.17) is 16.7 Å². The van der Waals surface area contributed by atoms with Crippen molar-refractivity contribution >= 4 is 33.5 Å². The summed E-state index contributed by atoms with van der Waals surface area (Å²) in [4.78, 5) is 9.70. The van der Waals surface area contributed by atoms with Crippen LogP contribution in [0.3, 0.4) is 0 Å². The third kappa shape index (κ3) is 6.24. The van der Waals surface area contributed by atoms with Crippen LogP contribution in [0.25, 0.3) is 0 Å². The first-order valence-electron chi connectivity index (χ1n) is 1.63. The second-order valence-electron chi connectivity index (χ2n) is 0.989. The lowest BCUT2D eigenvalue weighted by atomic mass is 10.5. The molecule has 0 aliphatic rings. The predicted molar refractivity (Wildman–Crippen MR) is 30.8 cm³/mol. The summed E-state index contributed by atoms with van der Waals surface area (Å²) in [5.41, 5.74) is 0. The van der Waals surface area contributed by atoms with E-state index in [9.17, 15) is 4.79 Å². The van der Waals surface area contributed by atoms with Crippen molar-refractivity contribution < 1.29 is 9.90 Å². The smallest absolute Gasteiger partial charge is 0.305 e. The summed E-state index contributed by atoms with van der Waals surface area (Å²) in [7, 11) is 0. The summed E-state index contributed by atoms with van der Waals surface area (Å²) in [5.74, 6) is -0.892. The van der Waals surface area contributed by atoms with Crippen LogP contribution in [0.2, 0.25) is 0 Å². The number of halogens is 2. The van der Waals surface area contributed by atoms with E-state index in [0.717, 1.165) is 0 Å². The highest BCUT2D eigenvalue weighted by Gasteiger charge is 2.02. The molecular formula is C3H4BrClO2. The minimum Gasteiger partial charge on any atom is -0.481 e. The van der Waals surface area contributed by atoms with Gasteiger partial charge in [0.2, 0.25) is 0 Å². The van der Waals surface area contributed by atoms with Gasteiger partial charge in [-0.15, -0.1) is 11.6 Å². The normalized spacial score (nSPS) is 13.4. The number of carboxylic acid groups (broad SMARTS) is 1. The Hall–Kier alpha value is 0.240. The molecule has 42 valence electrons. The summed E-state index contributed by atoms with van der Waals surface area (Å²) in [6.07, 6.45) is -0.0401. The molecule has 7 heavy (non-hydrogen) atoms. The molecule has 0 aromatic heterocycles. The Kier molecular flexibility index (Phi) is 3.38. The number of hydrogen-bond donors (Lipinski definition) is 1. The lowest BCUT2D eigenvalue weighted by molar-refractivity contribution is -0.136. The molecule has 0 spiro atoms. The van der Waals surface area contributed by atoms with Crippen molar-refractivity contribution in [2.75, 3.05) is 0 Å². The summed E-state index contributed by atoms with van der Waals surface area (Å²) in [5, 5.41) is 7.97. The molecule has 1 atom stereocenters. The van der Waals surface area contributed by atoms with Gasteiger partial charge >= 0.3 is 5.97 Å². The van der Waals surface area contributed by atoms with Gasteiger partial charge in [0.15, 0.2) is 0 Å². The number of carboxylic acids is 1. The van der Waals surface area contributed by atoms with Gasteiger partial charge in [0.05, 0.1) is 10.7 Å². The molecule has 0 bridgehead atoms. The molecule has 4 heteroatoms. The molecule has 0 rings (SSSR count). The van der Waals surface area contributed by atoms with Crippen molar-refractivity contribution in [2.24, 2.45) is 0 Å². The lowest BCUT2D eigenvalue weighted by Gasteiger charge is -1.89. The third-order valence-electron chi connectivity index (χ3n) is 0.329. The molecular weight excluding hydrogens is 183 g/mol. The van der Waals surface area contributed by atoms with Crippen molar-refractivity contribution in [3.63, 3.8) is 0 Å². The predicted octanol–water partition coefficient (Wildman–Crippen LogP) is 1.42. The number of hydrogen-bond acceptors (Lipinski definition) is 1. The van der Waals surface area contributed by atoms with Crippen LogP contribution in [-0.2, 0) is 4.79 Å². The van der Waals surface area contributed by atoms with Crippen LogP contribution in [0.15, 0.2) is 0 Å². The van der Waals surface area contributed by atoms with Crippen LogP contribution >= 0.6 is 27.5 Å². The van der Waals surface area contributed by atoms with Crippen molar-refractivity contribution in [1.29, 1.82) is 0 Å². The van der Waals surface area contributed by atoms with Crippen LogP contribution in [0, 0.1) is 0 Å². The van der Waals surface area contributed by atoms with E-state index >= 15 is 0 Å². The number of aliphatic carboxylic acids is 1. The van der Waals surface area contributed by atoms with E-state index in [1.54, 1.807) is 0 Å². The number of alkyl halides is 2. The van der Waals surface area contributed by atoms with Gasteiger partial charge in [-0.1, -0.05) is 15.9 Å². The van der Waals surface area contributed by atoms with Crippen LogP contribution in [0.1, 0.15) is 6.42 Å². The minimum absolute atomic E-state index is 0.0401. The van der Waals surface area contributed by atoms with Gasteiger partial charge in [-0.3, -0.25) is 4.79 Å². The van der Waals surface area contributed by atoms with Crippen LogP contribution in [-0.4, -0.2) is 15.4 Å². The van der Waals surface area contributed by atoms with Gasteiger partial charge < -0.3 is 5.11 Å². The highest BCUT2D eigenvalue weighted by Crippen LogP contribution is 2.08. The van der Waals surface area contributed by atoms with Gasteiger partial charge in [-0.25, -0.2) is 0 Å². The topological polar surface area (TPSA) is 37.3 Å². The first-order chi connectivity index (χ1) is 3.13. The van der Waals surface area contributed by atoms with E-state index in [1.165, 1.54) is 0 Å². The molecule has 0 radical (unpaired) electrons. The molecule has 0 amide bonds. The van der Waals surface area contributed by atoms with Crippen molar-refractivity contribution in [2.45, 2.75) is 10.7 Å². The molecule has 0 fully saturated rings. The standard InChI is InChI=1S/C3H4BrClO2/c4-2(5)1-3(6)7/h2H,1H2,(H,6,7). The molecule has 1 N–H and O–H groups in total. The average molecular weight is 187 g/mol. The van der Waals surface area contributed by atoms with Gasteiger partial charge in [0, 0.05) is 0 Å². The van der Waals surface area contributed by atoms with E-state index < -0.39 is 10.3 Å². The number of carbonyl (C=O) groups is 1. The maximum atomic E-state index is 9.70. The van der Waals surface area contributed by atoms with Gasteiger partial charge in [-0.2, -0.15) is 0 Å². The summed E-state index contributed by atoms with van der Waals surface area (Å²) in [6, 6.07) is 0. The molecule has 0 aliphatic heterocycles. The fourth-order valence-electron chi connectivity index (χ4n) is 0.132. The summed E-state index contributed by atoms with van der Waals surface area (Å²) < 4.78 is -0.440. The second-order valence-corrected chi connectivity index (χ2v) is 3.15. The zero-order valence-electron chi connectivity index (χ0n) is 3.40. The Morgan fingerprint density at radius 2 is 2.43 bits per heavy atom. The first-order valence-corrected chi connectivity index (χ1v) is 2.98. The Labute approximate surface area is 54.6 Å². The minimum atomic E-state index is -0.892. The summed E-state index contributed by atoms with van der Waals surface area (Å²) >= 11 is 8.07. The molecule has 0 saturated heterocycles. The Morgan fingerprint density at radius 1 is 2.00 bits per heavy atom. The quantitative estimate of drug-likeness (QED) is 0.664. The summed E-state index contributed by atoms with van der Waals surface area (Å²) in [6.45, 7) is 0. The molecule has 0 aromatic rings. The molecule has 0 saturated carbocycles. The Bertz CT molecular complexity index is 73.3. The monoisotopic (exact) mass is 186 g/mol. The maximum absolute atomic E-state index is 9.70. The Morgan fingerprint density at radius 3 is 2.43 bits per heavy atom. The lowest BCUT2D eigenvalue weighted by Crippen LogP contribution is -1.99. The Balaban J connectivity index is 3.13. The van der Waals surface area contributed by atoms with E-state index in [2.05, 4.69) is 15.9 Å². The van der Waals surface area contributed by atoms with Crippen molar-refractivity contribution in [3.8, 4) is 0 Å². The van der Waals surface area contributed by atoms with E-state index in [0.29, 0.717) is 0 Å². The van der Waals surface area contributed by atoms with Gasteiger partial charge in [0.25, 0.3) is 0 Å². The molecule has 0 heterocycles. The van der Waals surface area contributed by atoms with Crippen LogP contribution < -0.4 is 0 Å². The zero-order chi connectivity index (χ0) is 5.86. The molecule has 1 unspecified atom stereocenters. The van der Waals surface area contributed by atoms with Crippen LogP contribution in [0.4, 0.5) is 0 Å². The SMILES string of the molecule is O=C(O)CC(Cl)Br. The van der Waals surface area contributed by atoms with Crippen molar-refractivity contribution in [1.82, 2.24) is 0 Å². The largest absolute Gasteiger partial charge is 0.481 e. The third-order valence-corrected chi connectivity index (χ3v) is 0.807. The van der Waals surface area contributed by atoms with Crippen molar-refractivity contribution in [3.05, 3.63) is 0 Å². The molecule has 0 aromatic carbocycles. The fraction of sp³-hybridized carbons (Fsp3) is 0.667. The van der Waals surface area contributed by atoms with Crippen LogP contribution in [0.5, 0.6) is 0 Å². The maximum Gasteiger partial charge on any atom is 0.305 e. The number of rotatable bonds is 2. The second kappa shape index (κ2) is 3.27. The van der Waals surface area contributed by atoms with Gasteiger partial charge in [-0.05, 0) is 0 Å². The molecule has 2 nitrogen and oxygen atoms in total. The van der Waals surface area contributed by atoms with E-state index in [1.807, 2.05) is 0 Å².